The van der Waals surface area contributed by atoms with Crippen molar-refractivity contribution in [2.75, 3.05) is 6.54 Å². The standard InChI is InChI=1S/C3H8N2O.C3H4N2O/c1-2-5-3(4)6;4-2-1-3(5)6/h2H2,1H3,(H3,4,5,6);1H2,(H2,5,6). The Morgan fingerprint density at radius 3 is 2.00 bits per heavy atom. The molecule has 12 heavy (non-hydrogen) atoms. The number of nitrogens with one attached hydrogen (secondary N) is 1. The summed E-state index contributed by atoms with van der Waals surface area (Å²) in [5.74, 6) is -0.572. The predicted molar refractivity (Wildman–Crippen MR) is 42.7 cm³/mol. The molecule has 5 N–H and O–H groups in total. The Hall–Kier alpha value is -1.77. The minimum Gasteiger partial charge on any atom is -0.369 e. The maximum absolute atomic E-state index is 9.71. The molecule has 0 aromatic heterocycles. The van der Waals surface area contributed by atoms with Gasteiger partial charge in [0.2, 0.25) is 5.91 Å². The number of nitriles is 1. The zero-order valence-electron chi connectivity index (χ0n) is 6.83. The number of hydrogen-bond donors (Lipinski definition) is 3. The van der Waals surface area contributed by atoms with E-state index in [4.69, 9.17) is 5.26 Å². The molecule has 0 saturated heterocycles. The molecule has 0 spiro atoms. The predicted octanol–water partition coefficient (Wildman–Crippen LogP) is -0.940. The highest BCUT2D eigenvalue weighted by atomic mass is 16.2. The summed E-state index contributed by atoms with van der Waals surface area (Å²) in [6, 6.07) is 1.13. The van der Waals surface area contributed by atoms with E-state index in [2.05, 4.69) is 16.8 Å². The van der Waals surface area contributed by atoms with Gasteiger partial charge in [0.25, 0.3) is 0 Å². The van der Waals surface area contributed by atoms with Crippen LogP contribution in [0.1, 0.15) is 13.3 Å². The molecule has 0 heterocycles. The third-order valence-electron chi connectivity index (χ3n) is 0.604. The molecule has 68 valence electrons. The van der Waals surface area contributed by atoms with Crippen LogP contribution in [0.3, 0.4) is 0 Å². The van der Waals surface area contributed by atoms with E-state index in [-0.39, 0.29) is 6.42 Å². The van der Waals surface area contributed by atoms with E-state index in [1.807, 2.05) is 6.92 Å². The third-order valence-corrected chi connectivity index (χ3v) is 0.604. The molecular formula is C6H12N4O2. The minimum atomic E-state index is -0.572. The molecule has 0 atom stereocenters. The van der Waals surface area contributed by atoms with Crippen molar-refractivity contribution in [2.24, 2.45) is 11.5 Å². The van der Waals surface area contributed by atoms with Crippen molar-refractivity contribution in [1.29, 1.82) is 5.26 Å². The molecule has 6 nitrogen and oxygen atoms in total. The van der Waals surface area contributed by atoms with Crippen LogP contribution in [0.5, 0.6) is 0 Å². The molecule has 0 aliphatic heterocycles. The minimum absolute atomic E-state index is 0.181. The van der Waals surface area contributed by atoms with Gasteiger partial charge in [-0.25, -0.2) is 4.79 Å². The molecule has 0 aliphatic rings. The number of hydrogen-bond acceptors (Lipinski definition) is 3. The second-order valence-electron chi connectivity index (χ2n) is 1.70. The Labute approximate surface area is 70.5 Å². The van der Waals surface area contributed by atoms with Gasteiger partial charge in [-0.3, -0.25) is 4.79 Å². The van der Waals surface area contributed by atoms with Crippen molar-refractivity contribution in [3.8, 4) is 6.07 Å². The van der Waals surface area contributed by atoms with Gasteiger partial charge in [0, 0.05) is 6.54 Å². The first-order valence-electron chi connectivity index (χ1n) is 3.23. The number of nitrogens with two attached hydrogens (primary N) is 2. The third kappa shape index (κ3) is 24.0. The van der Waals surface area contributed by atoms with Crippen molar-refractivity contribution in [1.82, 2.24) is 5.32 Å². The number of carbonyl (C=O) groups excluding carboxylic acids is 2. The summed E-state index contributed by atoms with van der Waals surface area (Å²) in [5.41, 5.74) is 9.19. The molecule has 0 aromatic rings. The van der Waals surface area contributed by atoms with Gasteiger partial charge in [-0.2, -0.15) is 5.26 Å². The van der Waals surface area contributed by atoms with E-state index in [1.54, 1.807) is 6.07 Å². The molecule has 0 aliphatic carbocycles. The van der Waals surface area contributed by atoms with Crippen LogP contribution in [0, 0.1) is 11.3 Å². The first-order valence-corrected chi connectivity index (χ1v) is 3.23. The fourth-order valence-electron chi connectivity index (χ4n) is 0.252. The second kappa shape index (κ2) is 9.23. The van der Waals surface area contributed by atoms with Gasteiger partial charge in [0.1, 0.15) is 6.42 Å². The number of primary amides is 2. The van der Waals surface area contributed by atoms with E-state index in [0.717, 1.165) is 0 Å². The lowest BCUT2D eigenvalue weighted by Gasteiger charge is -1.88. The van der Waals surface area contributed by atoms with E-state index >= 15 is 0 Å². The summed E-state index contributed by atoms with van der Waals surface area (Å²) in [4.78, 5) is 19.3. The Morgan fingerprint density at radius 1 is 1.50 bits per heavy atom. The molecule has 0 bridgehead atoms. The number of rotatable bonds is 2. The summed E-state index contributed by atoms with van der Waals surface area (Å²) in [6.45, 7) is 2.42. The summed E-state index contributed by atoms with van der Waals surface area (Å²) in [5, 5.41) is 10.0. The summed E-state index contributed by atoms with van der Waals surface area (Å²) in [7, 11) is 0. The highest BCUT2D eigenvalue weighted by Crippen LogP contribution is 1.64. The quantitative estimate of drug-likeness (QED) is 0.498. The largest absolute Gasteiger partial charge is 0.369 e. The van der Waals surface area contributed by atoms with Crippen LogP contribution < -0.4 is 16.8 Å². The lowest BCUT2D eigenvalue weighted by Crippen LogP contribution is -2.28. The van der Waals surface area contributed by atoms with Gasteiger partial charge >= 0.3 is 6.03 Å². The van der Waals surface area contributed by atoms with Crippen LogP contribution >= 0.6 is 0 Å². The van der Waals surface area contributed by atoms with Crippen LogP contribution in [0.4, 0.5) is 4.79 Å². The van der Waals surface area contributed by atoms with Crippen molar-refractivity contribution < 1.29 is 9.59 Å². The van der Waals surface area contributed by atoms with Crippen LogP contribution in [-0.2, 0) is 4.79 Å². The van der Waals surface area contributed by atoms with Gasteiger partial charge in [0.05, 0.1) is 6.07 Å². The van der Waals surface area contributed by atoms with Crippen LogP contribution in [0.25, 0.3) is 0 Å². The van der Waals surface area contributed by atoms with Crippen molar-refractivity contribution in [3.63, 3.8) is 0 Å². The maximum Gasteiger partial charge on any atom is 0.312 e. The summed E-state index contributed by atoms with van der Waals surface area (Å²) in [6.07, 6.45) is -0.181. The Bertz CT molecular complexity index is 184. The maximum atomic E-state index is 9.71. The molecule has 3 amide bonds. The molecule has 0 unspecified atom stereocenters. The lowest BCUT2D eigenvalue weighted by molar-refractivity contribution is -0.117. The Kier molecular flexibility index (Phi) is 9.90. The van der Waals surface area contributed by atoms with Crippen LogP contribution in [0.2, 0.25) is 0 Å². The van der Waals surface area contributed by atoms with E-state index < -0.39 is 11.9 Å². The van der Waals surface area contributed by atoms with E-state index in [0.29, 0.717) is 6.54 Å². The number of urea groups is 1. The van der Waals surface area contributed by atoms with Crippen LogP contribution in [0.15, 0.2) is 0 Å². The fraction of sp³-hybridized carbons (Fsp3) is 0.500. The zero-order chi connectivity index (χ0) is 9.98. The van der Waals surface area contributed by atoms with Crippen molar-refractivity contribution in [3.05, 3.63) is 0 Å². The normalized spacial score (nSPS) is 7.00. The van der Waals surface area contributed by atoms with Gasteiger partial charge < -0.3 is 16.8 Å². The van der Waals surface area contributed by atoms with E-state index in [9.17, 15) is 9.59 Å². The van der Waals surface area contributed by atoms with Gasteiger partial charge in [-0.15, -0.1) is 0 Å². The molecule has 0 rings (SSSR count). The van der Waals surface area contributed by atoms with Crippen LogP contribution in [-0.4, -0.2) is 18.5 Å². The topological polar surface area (TPSA) is 122 Å². The average molecular weight is 172 g/mol. The lowest BCUT2D eigenvalue weighted by atomic mass is 10.5. The molecule has 0 radical (unpaired) electrons. The van der Waals surface area contributed by atoms with Gasteiger partial charge in [0.15, 0.2) is 0 Å². The first kappa shape index (κ1) is 12.9. The number of nitrogens with zero attached hydrogens (tertiary/aromatic N) is 1. The summed E-state index contributed by atoms with van der Waals surface area (Å²) >= 11 is 0. The number of amides is 3. The molecule has 6 heteroatoms. The molecular weight excluding hydrogens is 160 g/mol. The SMILES string of the molecule is CCNC(N)=O.N#CCC(N)=O. The van der Waals surface area contributed by atoms with Gasteiger partial charge in [-0.05, 0) is 6.92 Å². The fourth-order valence-corrected chi connectivity index (χ4v) is 0.252. The van der Waals surface area contributed by atoms with Gasteiger partial charge in [-0.1, -0.05) is 0 Å². The summed E-state index contributed by atoms with van der Waals surface area (Å²) < 4.78 is 0. The van der Waals surface area contributed by atoms with Crippen molar-refractivity contribution >= 4 is 11.9 Å². The van der Waals surface area contributed by atoms with E-state index in [1.165, 1.54) is 0 Å². The first-order chi connectivity index (χ1) is 5.54. The smallest absolute Gasteiger partial charge is 0.312 e. The molecule has 0 saturated carbocycles. The zero-order valence-corrected chi connectivity index (χ0v) is 6.83. The highest BCUT2D eigenvalue weighted by molar-refractivity contribution is 5.75. The molecule has 0 aromatic carbocycles. The Balaban J connectivity index is 0. The second-order valence-corrected chi connectivity index (χ2v) is 1.70. The molecule has 0 fully saturated rings. The average Bonchev–Trinajstić information content (AvgIpc) is 1.87. The number of carbonyl (C=O) groups is 2. The highest BCUT2D eigenvalue weighted by Gasteiger charge is 1.84. The Morgan fingerprint density at radius 2 is 2.00 bits per heavy atom. The monoisotopic (exact) mass is 172 g/mol. The van der Waals surface area contributed by atoms with Crippen molar-refractivity contribution in [2.45, 2.75) is 13.3 Å².